The van der Waals surface area contributed by atoms with Crippen molar-refractivity contribution in [1.82, 2.24) is 5.32 Å². The van der Waals surface area contributed by atoms with Gasteiger partial charge in [-0.1, -0.05) is 26.0 Å². The summed E-state index contributed by atoms with van der Waals surface area (Å²) < 4.78 is 5.05. The number of amidine groups is 1. The van der Waals surface area contributed by atoms with Crippen LogP contribution in [0.25, 0.3) is 0 Å². The molecular weight excluding hydrogens is 374 g/mol. The molecule has 0 radical (unpaired) electrons. The molecule has 0 fully saturated rings. The van der Waals surface area contributed by atoms with Gasteiger partial charge in [0.2, 0.25) is 0 Å². The van der Waals surface area contributed by atoms with Gasteiger partial charge in [0.05, 0.1) is 6.04 Å². The number of aliphatic carboxylic acids is 1. The molecule has 0 unspecified atom stereocenters. The SMILES string of the molecule is CC(C)[C@H](NC(=O)c1ccc(C(=N)N)cc1)C(=O)c1ccc(OCC(=O)O)cc1. The highest BCUT2D eigenvalue weighted by molar-refractivity contribution is 6.05. The van der Waals surface area contributed by atoms with Crippen LogP contribution in [0, 0.1) is 11.3 Å². The number of hydrogen-bond donors (Lipinski definition) is 4. The lowest BCUT2D eigenvalue weighted by Gasteiger charge is -2.21. The number of rotatable bonds is 9. The van der Waals surface area contributed by atoms with Gasteiger partial charge < -0.3 is 20.9 Å². The number of nitrogen functional groups attached to an aromatic ring is 1. The number of carboxylic acid groups (broad SMARTS) is 1. The van der Waals surface area contributed by atoms with Crippen LogP contribution in [0.4, 0.5) is 0 Å². The standard InChI is InChI=1S/C21H23N3O5/c1-12(2)18(24-21(28)15-5-3-14(4-6-15)20(22)23)19(27)13-7-9-16(10-8-13)29-11-17(25)26/h3-10,12,18H,11H2,1-2H3,(H3,22,23)(H,24,28)(H,25,26)/t18-/m0/s1. The average Bonchev–Trinajstić information content (AvgIpc) is 2.70. The molecule has 8 nitrogen and oxygen atoms in total. The van der Waals surface area contributed by atoms with E-state index in [1.165, 1.54) is 24.3 Å². The number of ketones is 1. The predicted octanol–water partition coefficient (Wildman–Crippen LogP) is 2.07. The molecule has 2 aromatic rings. The maximum atomic E-state index is 12.9. The monoisotopic (exact) mass is 397 g/mol. The molecule has 8 heteroatoms. The van der Waals surface area contributed by atoms with Gasteiger partial charge in [-0.2, -0.15) is 0 Å². The predicted molar refractivity (Wildman–Crippen MR) is 107 cm³/mol. The molecule has 0 aliphatic rings. The maximum Gasteiger partial charge on any atom is 0.341 e. The second kappa shape index (κ2) is 9.50. The number of ether oxygens (including phenoxy) is 1. The Kier molecular flexibility index (Phi) is 7.08. The van der Waals surface area contributed by atoms with Gasteiger partial charge in [-0.25, -0.2) is 4.79 Å². The Morgan fingerprint density at radius 1 is 1.00 bits per heavy atom. The largest absolute Gasteiger partial charge is 0.482 e. The molecule has 2 rings (SSSR count). The molecule has 5 N–H and O–H groups in total. The number of nitrogens with one attached hydrogen (secondary N) is 2. The van der Waals surface area contributed by atoms with Crippen molar-refractivity contribution in [1.29, 1.82) is 5.41 Å². The fourth-order valence-corrected chi connectivity index (χ4v) is 2.60. The third-order valence-electron chi connectivity index (χ3n) is 4.19. The Bertz CT molecular complexity index is 905. The maximum absolute atomic E-state index is 12.9. The molecular formula is C21H23N3O5. The summed E-state index contributed by atoms with van der Waals surface area (Å²) in [5.41, 5.74) is 6.64. The molecule has 1 atom stereocenters. The lowest BCUT2D eigenvalue weighted by atomic mass is 9.94. The summed E-state index contributed by atoms with van der Waals surface area (Å²) in [5, 5.41) is 18.8. The van der Waals surface area contributed by atoms with E-state index in [-0.39, 0.29) is 17.5 Å². The van der Waals surface area contributed by atoms with Crippen molar-refractivity contribution in [2.75, 3.05) is 6.61 Å². The van der Waals surface area contributed by atoms with E-state index < -0.39 is 24.5 Å². The molecule has 0 spiro atoms. The molecule has 2 aromatic carbocycles. The van der Waals surface area contributed by atoms with Crippen LogP contribution in [0.3, 0.4) is 0 Å². The molecule has 0 saturated heterocycles. The molecule has 0 aliphatic heterocycles. The van der Waals surface area contributed by atoms with E-state index in [0.717, 1.165) is 0 Å². The summed E-state index contributed by atoms with van der Waals surface area (Å²) in [6.45, 7) is 3.18. The molecule has 29 heavy (non-hydrogen) atoms. The van der Waals surface area contributed by atoms with E-state index in [1.54, 1.807) is 24.3 Å². The Morgan fingerprint density at radius 2 is 1.52 bits per heavy atom. The Morgan fingerprint density at radius 3 is 2.00 bits per heavy atom. The van der Waals surface area contributed by atoms with Gasteiger partial charge >= 0.3 is 5.97 Å². The van der Waals surface area contributed by atoms with Crippen LogP contribution < -0.4 is 15.8 Å². The Labute approximate surface area is 168 Å². The smallest absolute Gasteiger partial charge is 0.341 e. The number of carbonyl (C=O) groups excluding carboxylic acids is 2. The van der Waals surface area contributed by atoms with Crippen molar-refractivity contribution < 1.29 is 24.2 Å². The van der Waals surface area contributed by atoms with Crippen LogP contribution in [-0.4, -0.2) is 41.3 Å². The lowest BCUT2D eigenvalue weighted by molar-refractivity contribution is -0.139. The van der Waals surface area contributed by atoms with Crippen LogP contribution in [-0.2, 0) is 4.79 Å². The van der Waals surface area contributed by atoms with E-state index in [2.05, 4.69) is 5.32 Å². The zero-order valence-electron chi connectivity index (χ0n) is 16.1. The first kappa shape index (κ1) is 21.6. The third kappa shape index (κ3) is 5.90. The van der Waals surface area contributed by atoms with Gasteiger partial charge in [-0.3, -0.25) is 15.0 Å². The zero-order chi connectivity index (χ0) is 21.6. The van der Waals surface area contributed by atoms with Crippen LogP contribution in [0.2, 0.25) is 0 Å². The fraction of sp³-hybridized carbons (Fsp3) is 0.238. The molecule has 0 heterocycles. The summed E-state index contributed by atoms with van der Waals surface area (Å²) in [6, 6.07) is 11.6. The van der Waals surface area contributed by atoms with Gasteiger partial charge in [0, 0.05) is 16.7 Å². The summed E-state index contributed by atoms with van der Waals surface area (Å²) >= 11 is 0. The highest BCUT2D eigenvalue weighted by Crippen LogP contribution is 2.16. The molecule has 0 aliphatic carbocycles. The average molecular weight is 397 g/mol. The Hall–Kier alpha value is -3.68. The second-order valence-electron chi connectivity index (χ2n) is 6.76. The number of carboxylic acids is 1. The Balaban J connectivity index is 2.11. The van der Waals surface area contributed by atoms with E-state index in [9.17, 15) is 14.4 Å². The van der Waals surface area contributed by atoms with Crippen molar-refractivity contribution in [3.8, 4) is 5.75 Å². The van der Waals surface area contributed by atoms with Gasteiger partial charge in [-0.15, -0.1) is 0 Å². The molecule has 0 aromatic heterocycles. The molecule has 152 valence electrons. The highest BCUT2D eigenvalue weighted by Gasteiger charge is 2.25. The van der Waals surface area contributed by atoms with Crippen LogP contribution in [0.1, 0.15) is 40.1 Å². The number of benzene rings is 2. The molecule has 0 saturated carbocycles. The van der Waals surface area contributed by atoms with Crippen molar-refractivity contribution in [3.05, 3.63) is 65.2 Å². The summed E-state index contributed by atoms with van der Waals surface area (Å²) in [4.78, 5) is 36.0. The van der Waals surface area contributed by atoms with E-state index in [4.69, 9.17) is 21.0 Å². The number of carbonyl (C=O) groups is 3. The van der Waals surface area contributed by atoms with Crippen LogP contribution >= 0.6 is 0 Å². The molecule has 1 amide bonds. The van der Waals surface area contributed by atoms with Gasteiger partial charge in [-0.05, 0) is 42.3 Å². The van der Waals surface area contributed by atoms with Gasteiger partial charge in [0.15, 0.2) is 12.4 Å². The quantitative estimate of drug-likeness (QED) is 0.290. The van der Waals surface area contributed by atoms with Crippen molar-refractivity contribution in [3.63, 3.8) is 0 Å². The second-order valence-corrected chi connectivity index (χ2v) is 6.76. The summed E-state index contributed by atoms with van der Waals surface area (Å²) in [6.07, 6.45) is 0. The van der Waals surface area contributed by atoms with E-state index >= 15 is 0 Å². The van der Waals surface area contributed by atoms with Crippen molar-refractivity contribution >= 4 is 23.5 Å². The minimum absolute atomic E-state index is 0.0945. The number of Topliss-reactive ketones (excluding diaryl/α,β-unsaturated/α-hetero) is 1. The number of hydrogen-bond acceptors (Lipinski definition) is 5. The van der Waals surface area contributed by atoms with E-state index in [0.29, 0.717) is 22.4 Å². The topological polar surface area (TPSA) is 143 Å². The van der Waals surface area contributed by atoms with Crippen LogP contribution in [0.15, 0.2) is 48.5 Å². The van der Waals surface area contributed by atoms with Crippen molar-refractivity contribution in [2.45, 2.75) is 19.9 Å². The summed E-state index contributed by atoms with van der Waals surface area (Å²) in [7, 11) is 0. The number of amides is 1. The minimum Gasteiger partial charge on any atom is -0.482 e. The fourth-order valence-electron chi connectivity index (χ4n) is 2.60. The van der Waals surface area contributed by atoms with Gasteiger partial charge in [0.1, 0.15) is 11.6 Å². The third-order valence-corrected chi connectivity index (χ3v) is 4.19. The number of nitrogens with two attached hydrogens (primary N) is 1. The van der Waals surface area contributed by atoms with Gasteiger partial charge in [0.25, 0.3) is 5.91 Å². The first-order valence-electron chi connectivity index (χ1n) is 8.93. The minimum atomic E-state index is -1.09. The highest BCUT2D eigenvalue weighted by atomic mass is 16.5. The van der Waals surface area contributed by atoms with E-state index in [1.807, 2.05) is 13.8 Å². The summed E-state index contributed by atoms with van der Waals surface area (Å²) in [5.74, 6) is -1.69. The molecule has 0 bridgehead atoms. The first-order valence-corrected chi connectivity index (χ1v) is 8.93. The normalized spacial score (nSPS) is 11.6. The lowest BCUT2D eigenvalue weighted by Crippen LogP contribution is -2.44. The zero-order valence-corrected chi connectivity index (χ0v) is 16.1. The van der Waals surface area contributed by atoms with Crippen LogP contribution in [0.5, 0.6) is 5.75 Å². The first-order chi connectivity index (χ1) is 13.7. The van der Waals surface area contributed by atoms with Crippen molar-refractivity contribution in [2.24, 2.45) is 11.7 Å².